The van der Waals surface area contributed by atoms with Gasteiger partial charge in [-0.2, -0.15) is 0 Å². The van der Waals surface area contributed by atoms with Gasteiger partial charge in [-0.25, -0.2) is 0 Å². The summed E-state index contributed by atoms with van der Waals surface area (Å²) in [5.41, 5.74) is 2.48. The molecule has 3 aliphatic rings. The van der Waals surface area contributed by atoms with E-state index in [1.165, 1.54) is 63.4 Å². The van der Waals surface area contributed by atoms with Gasteiger partial charge in [-0.15, -0.1) is 0 Å². The fourth-order valence-electron chi connectivity index (χ4n) is 4.68. The van der Waals surface area contributed by atoms with E-state index in [9.17, 15) is 4.79 Å². The maximum absolute atomic E-state index is 10.7. The first kappa shape index (κ1) is 29.2. The lowest BCUT2D eigenvalue weighted by Crippen LogP contribution is -2.22. The molecule has 0 bridgehead atoms. The predicted octanol–water partition coefficient (Wildman–Crippen LogP) is 8.91. The van der Waals surface area contributed by atoms with Crippen LogP contribution in [-0.2, 0) is 4.79 Å². The second-order valence-corrected chi connectivity index (χ2v) is 12.7. The van der Waals surface area contributed by atoms with Gasteiger partial charge < -0.3 is 5.32 Å². The van der Waals surface area contributed by atoms with E-state index in [1.54, 1.807) is 0 Å². The fraction of sp³-hybridized carbons (Fsp3) is 0.893. The minimum atomic E-state index is 0. The van der Waals surface area contributed by atoms with Crippen molar-refractivity contribution in [3.8, 4) is 0 Å². The molecule has 0 saturated heterocycles. The minimum Gasteiger partial charge on any atom is -0.332 e. The van der Waals surface area contributed by atoms with Crippen molar-refractivity contribution in [1.29, 1.82) is 0 Å². The molecule has 1 amide bonds. The molecule has 2 fully saturated rings. The molecule has 0 aromatic rings. The molecular weight excluding hydrogens is 366 g/mol. The highest BCUT2D eigenvalue weighted by molar-refractivity contribution is 5.82. The van der Waals surface area contributed by atoms with Crippen LogP contribution in [0.1, 0.15) is 134 Å². The van der Waals surface area contributed by atoms with Crippen LogP contribution >= 0.6 is 0 Å². The number of carbonyl (C=O) groups excluding carboxylic acids is 1. The van der Waals surface area contributed by atoms with Gasteiger partial charge in [0.15, 0.2) is 0 Å². The highest BCUT2D eigenvalue weighted by Gasteiger charge is 2.27. The molecule has 0 aromatic heterocycles. The molecule has 0 atom stereocenters. The Balaban J connectivity index is 0.000000414. The molecule has 30 heavy (non-hydrogen) atoms. The summed E-state index contributed by atoms with van der Waals surface area (Å²) in [6.07, 6.45) is 15.7. The van der Waals surface area contributed by atoms with E-state index in [0.717, 1.165) is 11.8 Å². The first-order chi connectivity index (χ1) is 13.2. The Kier molecular flexibility index (Phi) is 12.0. The normalized spacial score (nSPS) is 20.8. The number of rotatable bonds is 0. The topological polar surface area (TPSA) is 29.1 Å². The molecule has 2 nitrogen and oxygen atoms in total. The third kappa shape index (κ3) is 11.0. The van der Waals surface area contributed by atoms with E-state index in [4.69, 9.17) is 0 Å². The maximum Gasteiger partial charge on any atom is 0.228 e. The number of nitrogens with one attached hydrogen (secondary N) is 1. The first-order valence-electron chi connectivity index (χ1n) is 12.2. The maximum atomic E-state index is 10.7. The van der Waals surface area contributed by atoms with Crippen molar-refractivity contribution in [3.05, 3.63) is 11.8 Å². The Morgan fingerprint density at radius 1 is 0.700 bits per heavy atom. The van der Waals surface area contributed by atoms with Crippen molar-refractivity contribution >= 4 is 5.91 Å². The van der Waals surface area contributed by atoms with E-state index in [0.29, 0.717) is 17.3 Å². The Labute approximate surface area is 190 Å². The van der Waals surface area contributed by atoms with Crippen LogP contribution in [0.3, 0.4) is 0 Å². The van der Waals surface area contributed by atoms with Crippen molar-refractivity contribution in [2.75, 3.05) is 0 Å². The van der Waals surface area contributed by atoms with Gasteiger partial charge in [0.25, 0.3) is 0 Å². The summed E-state index contributed by atoms with van der Waals surface area (Å²) >= 11 is 0. The first-order valence-corrected chi connectivity index (χ1v) is 12.2. The van der Waals surface area contributed by atoms with Crippen LogP contribution in [0, 0.1) is 28.1 Å². The van der Waals surface area contributed by atoms with Crippen molar-refractivity contribution in [1.82, 2.24) is 5.32 Å². The second kappa shape index (κ2) is 12.3. The predicted molar refractivity (Wildman–Crippen MR) is 134 cm³/mol. The average Bonchev–Trinajstić information content (AvgIpc) is 3.26. The van der Waals surface area contributed by atoms with E-state index in [1.807, 2.05) is 6.20 Å². The number of carbonyl (C=O) groups is 1. The molecular formula is C28H55NO. The fourth-order valence-corrected chi connectivity index (χ4v) is 4.68. The van der Waals surface area contributed by atoms with Crippen LogP contribution < -0.4 is 5.32 Å². The lowest BCUT2D eigenvalue weighted by molar-refractivity contribution is -0.118. The summed E-state index contributed by atoms with van der Waals surface area (Å²) in [5.74, 6) is 2.13. The molecule has 1 aliphatic heterocycles. The Hall–Kier alpha value is -0.790. The monoisotopic (exact) mass is 421 g/mol. The van der Waals surface area contributed by atoms with Crippen LogP contribution in [0.25, 0.3) is 0 Å². The summed E-state index contributed by atoms with van der Waals surface area (Å²) in [4.78, 5) is 10.7. The largest absolute Gasteiger partial charge is 0.332 e. The van der Waals surface area contributed by atoms with Gasteiger partial charge in [0.1, 0.15) is 0 Å². The molecule has 1 N–H and O–H groups in total. The molecule has 0 aromatic carbocycles. The summed E-state index contributed by atoms with van der Waals surface area (Å²) < 4.78 is 0. The Bertz CT molecular complexity index is 512. The van der Waals surface area contributed by atoms with Crippen LogP contribution in [0.4, 0.5) is 0 Å². The van der Waals surface area contributed by atoms with E-state index < -0.39 is 0 Å². The Morgan fingerprint density at radius 3 is 1.27 bits per heavy atom. The summed E-state index contributed by atoms with van der Waals surface area (Å²) in [5, 5.41) is 2.68. The Morgan fingerprint density at radius 2 is 1.07 bits per heavy atom. The average molecular weight is 422 g/mol. The molecule has 2 aliphatic carbocycles. The second-order valence-electron chi connectivity index (χ2n) is 12.7. The van der Waals surface area contributed by atoms with E-state index >= 15 is 0 Å². The zero-order chi connectivity index (χ0) is 22.3. The number of amides is 1. The molecule has 178 valence electrons. The summed E-state index contributed by atoms with van der Waals surface area (Å²) in [7, 11) is 0. The molecule has 0 unspecified atom stereocenters. The molecule has 2 saturated carbocycles. The highest BCUT2D eigenvalue weighted by atomic mass is 16.1. The smallest absolute Gasteiger partial charge is 0.228 e. The highest BCUT2D eigenvalue weighted by Crippen LogP contribution is 2.39. The van der Waals surface area contributed by atoms with Gasteiger partial charge in [-0.1, -0.05) is 102 Å². The number of hydrogen-bond acceptors (Lipinski definition) is 1. The van der Waals surface area contributed by atoms with Crippen LogP contribution in [0.15, 0.2) is 11.8 Å². The van der Waals surface area contributed by atoms with Gasteiger partial charge in [0.05, 0.1) is 6.42 Å². The molecule has 2 heteroatoms. The number of hydrogen-bond donors (Lipinski definition) is 1. The molecule has 3 rings (SSSR count). The third-order valence-electron chi connectivity index (χ3n) is 7.13. The van der Waals surface area contributed by atoms with Crippen LogP contribution in [0.5, 0.6) is 0 Å². The molecule has 1 heterocycles. The van der Waals surface area contributed by atoms with Gasteiger partial charge in [-0.3, -0.25) is 4.79 Å². The zero-order valence-corrected chi connectivity index (χ0v) is 21.2. The van der Waals surface area contributed by atoms with E-state index in [-0.39, 0.29) is 18.7 Å². The van der Waals surface area contributed by atoms with Crippen LogP contribution in [0.2, 0.25) is 0 Å². The van der Waals surface area contributed by atoms with Crippen molar-refractivity contribution in [2.24, 2.45) is 28.1 Å². The quantitative estimate of drug-likeness (QED) is 0.415. The van der Waals surface area contributed by atoms with Gasteiger partial charge >= 0.3 is 0 Å². The standard InChI is InChI=1S/C10H20.C9H18.C8H13NO.CH4/c1-10(2,3)9-7-5-4-6-8-9;1-9(2,3)8-6-4-5-7-8;1-8(2,3)6-4-7(10)9-5-6;/h9H,4-8H2,1-3H3;8H,4-7H2,1-3H3;5H,4H2,1-3H3,(H,9,10);1H4. The van der Waals surface area contributed by atoms with Crippen molar-refractivity contribution < 1.29 is 4.79 Å². The molecule has 0 spiro atoms. The summed E-state index contributed by atoms with van der Waals surface area (Å²) in [6.45, 7) is 20.6. The third-order valence-corrected chi connectivity index (χ3v) is 7.13. The zero-order valence-electron chi connectivity index (χ0n) is 21.2. The van der Waals surface area contributed by atoms with Gasteiger partial charge in [0.2, 0.25) is 5.91 Å². The minimum absolute atomic E-state index is 0. The van der Waals surface area contributed by atoms with Crippen molar-refractivity contribution in [2.45, 2.75) is 134 Å². The van der Waals surface area contributed by atoms with Gasteiger partial charge in [0, 0.05) is 6.20 Å². The van der Waals surface area contributed by atoms with Crippen molar-refractivity contribution in [3.63, 3.8) is 0 Å². The lowest BCUT2D eigenvalue weighted by atomic mass is 9.72. The molecule has 0 radical (unpaired) electrons. The van der Waals surface area contributed by atoms with E-state index in [2.05, 4.69) is 67.6 Å². The summed E-state index contributed by atoms with van der Waals surface area (Å²) in [6, 6.07) is 0. The van der Waals surface area contributed by atoms with Gasteiger partial charge in [-0.05, 0) is 59.3 Å². The van der Waals surface area contributed by atoms with Crippen LogP contribution in [-0.4, -0.2) is 5.91 Å². The lowest BCUT2D eigenvalue weighted by Gasteiger charge is -2.33. The SMILES string of the molecule is C.CC(C)(C)C1=CNC(=O)C1.CC(C)(C)C1CCCC1.CC(C)(C)C1CCCCC1.